The summed E-state index contributed by atoms with van der Waals surface area (Å²) in [7, 11) is 2.00. The number of anilines is 2. The molecule has 8 nitrogen and oxygen atoms in total. The number of aromatic nitrogens is 3. The molecular weight excluding hydrogens is 425 g/mol. The van der Waals surface area contributed by atoms with Gasteiger partial charge in [0.05, 0.1) is 13.2 Å². The van der Waals surface area contributed by atoms with Crippen molar-refractivity contribution in [3.8, 4) is 17.3 Å². The van der Waals surface area contributed by atoms with Crippen LogP contribution in [0.5, 0.6) is 5.75 Å². The Hall–Kier alpha value is -3.30. The van der Waals surface area contributed by atoms with Crippen LogP contribution in [0.15, 0.2) is 42.6 Å². The van der Waals surface area contributed by atoms with Crippen molar-refractivity contribution in [2.24, 2.45) is 0 Å². The van der Waals surface area contributed by atoms with Gasteiger partial charge in [-0.1, -0.05) is 0 Å². The van der Waals surface area contributed by atoms with E-state index in [9.17, 15) is 4.39 Å². The predicted octanol–water partition coefficient (Wildman–Crippen LogP) is 3.06. The van der Waals surface area contributed by atoms with Crippen molar-refractivity contribution < 1.29 is 19.0 Å². The highest BCUT2D eigenvalue weighted by atomic mass is 19.1. The summed E-state index contributed by atoms with van der Waals surface area (Å²) in [6, 6.07) is 9.71. The van der Waals surface area contributed by atoms with Gasteiger partial charge in [-0.3, -0.25) is 4.98 Å². The first-order chi connectivity index (χ1) is 16.1. The molecule has 1 aliphatic carbocycles. The van der Waals surface area contributed by atoms with E-state index in [1.54, 1.807) is 30.5 Å². The van der Waals surface area contributed by atoms with Gasteiger partial charge in [0.25, 0.3) is 0 Å². The molecule has 0 amide bonds. The van der Waals surface area contributed by atoms with Crippen molar-refractivity contribution >= 4 is 11.5 Å². The number of pyridine rings is 1. The van der Waals surface area contributed by atoms with Crippen molar-refractivity contribution in [1.29, 1.82) is 0 Å². The van der Waals surface area contributed by atoms with E-state index in [1.165, 1.54) is 17.7 Å². The number of nitrogens with zero attached hydrogens (tertiary/aromatic N) is 4. The number of fused-ring (bicyclic) bond motifs is 1. The maximum atomic E-state index is 13.0. The highest BCUT2D eigenvalue weighted by Gasteiger charge is 2.22. The smallest absolute Gasteiger partial charge is 0.180 e. The van der Waals surface area contributed by atoms with E-state index < -0.39 is 0 Å². The lowest BCUT2D eigenvalue weighted by Gasteiger charge is -2.22. The fraction of sp³-hybridized carbons (Fsp3) is 0.375. The van der Waals surface area contributed by atoms with E-state index in [2.05, 4.69) is 15.2 Å². The van der Waals surface area contributed by atoms with E-state index in [0.29, 0.717) is 37.2 Å². The fourth-order valence-electron chi connectivity index (χ4n) is 3.71. The molecule has 2 aromatic heterocycles. The molecule has 174 valence electrons. The topological polar surface area (TPSA) is 92.6 Å². The second kappa shape index (κ2) is 11.0. The second-order valence-electron chi connectivity index (χ2n) is 7.76. The van der Waals surface area contributed by atoms with Crippen molar-refractivity contribution in [2.45, 2.75) is 19.3 Å². The summed E-state index contributed by atoms with van der Waals surface area (Å²) in [5, 5.41) is 12.1. The molecule has 3 aromatic rings. The molecule has 0 radical (unpaired) electrons. The molecule has 2 heterocycles. The van der Waals surface area contributed by atoms with Gasteiger partial charge in [0.15, 0.2) is 5.82 Å². The van der Waals surface area contributed by atoms with Gasteiger partial charge in [0.2, 0.25) is 0 Å². The molecule has 0 saturated heterocycles. The van der Waals surface area contributed by atoms with Crippen molar-refractivity contribution in [1.82, 2.24) is 15.0 Å². The summed E-state index contributed by atoms with van der Waals surface area (Å²) >= 11 is 0. The Labute approximate surface area is 192 Å². The van der Waals surface area contributed by atoms with Gasteiger partial charge < -0.3 is 24.8 Å². The average Bonchev–Trinajstić information content (AvgIpc) is 3.32. The Morgan fingerprint density at radius 2 is 1.97 bits per heavy atom. The van der Waals surface area contributed by atoms with E-state index in [1.807, 2.05) is 7.05 Å². The number of nitrogens with one attached hydrogen (secondary N) is 1. The lowest BCUT2D eigenvalue weighted by Crippen LogP contribution is -2.26. The molecule has 0 atom stereocenters. The van der Waals surface area contributed by atoms with Crippen LogP contribution in [0.4, 0.5) is 15.9 Å². The molecule has 0 bridgehead atoms. The summed E-state index contributed by atoms with van der Waals surface area (Å²) in [4.78, 5) is 16.1. The van der Waals surface area contributed by atoms with Crippen LogP contribution in [0, 0.1) is 5.82 Å². The van der Waals surface area contributed by atoms with Crippen LogP contribution in [0.1, 0.15) is 17.7 Å². The molecule has 9 heteroatoms. The highest BCUT2D eigenvalue weighted by molar-refractivity contribution is 5.59. The van der Waals surface area contributed by atoms with Gasteiger partial charge in [-0.2, -0.15) is 0 Å². The molecule has 0 fully saturated rings. The monoisotopic (exact) mass is 453 g/mol. The lowest BCUT2D eigenvalue weighted by atomic mass is 10.2. The number of hydrogen-bond donors (Lipinski definition) is 2. The van der Waals surface area contributed by atoms with Crippen LogP contribution in [-0.2, 0) is 17.6 Å². The van der Waals surface area contributed by atoms with Crippen LogP contribution >= 0.6 is 0 Å². The number of benzene rings is 1. The summed E-state index contributed by atoms with van der Waals surface area (Å²) in [5.41, 5.74) is 3.68. The molecular formula is C24H28FN5O3. The van der Waals surface area contributed by atoms with Gasteiger partial charge in [-0.15, -0.1) is 0 Å². The third kappa shape index (κ3) is 5.94. The predicted molar refractivity (Wildman–Crippen MR) is 124 cm³/mol. The summed E-state index contributed by atoms with van der Waals surface area (Å²) in [5.74, 6) is 1.81. The van der Waals surface area contributed by atoms with E-state index >= 15 is 0 Å². The van der Waals surface area contributed by atoms with Gasteiger partial charge >= 0.3 is 0 Å². The maximum Gasteiger partial charge on any atom is 0.180 e. The van der Waals surface area contributed by atoms with Crippen LogP contribution in [0.25, 0.3) is 11.5 Å². The van der Waals surface area contributed by atoms with Gasteiger partial charge in [-0.25, -0.2) is 14.4 Å². The number of aliphatic hydroxyl groups excluding tert-OH is 1. The fourth-order valence-corrected chi connectivity index (χ4v) is 3.71. The summed E-state index contributed by atoms with van der Waals surface area (Å²) in [6.07, 6.45) is 4.59. The third-order valence-corrected chi connectivity index (χ3v) is 5.39. The van der Waals surface area contributed by atoms with E-state index in [-0.39, 0.29) is 19.0 Å². The SMILES string of the molecule is CN(CCOCNc1ccc(F)cc1)c1nc(-c2cc(OCCO)ccn2)nc2c1CCC2. The summed E-state index contributed by atoms with van der Waals surface area (Å²) in [6.45, 7) is 1.65. The molecule has 0 unspecified atom stereocenters. The van der Waals surface area contributed by atoms with Crippen LogP contribution < -0.4 is 15.0 Å². The quantitative estimate of drug-likeness (QED) is 0.338. The molecule has 0 spiro atoms. The lowest BCUT2D eigenvalue weighted by molar-refractivity contribution is 0.159. The van der Waals surface area contributed by atoms with Crippen LogP contribution in [0.2, 0.25) is 0 Å². The number of aryl methyl sites for hydroxylation is 1. The largest absolute Gasteiger partial charge is 0.491 e. The minimum Gasteiger partial charge on any atom is -0.491 e. The molecule has 1 aromatic carbocycles. The molecule has 1 aliphatic rings. The third-order valence-electron chi connectivity index (χ3n) is 5.39. The number of ether oxygens (including phenoxy) is 2. The first kappa shape index (κ1) is 22.9. The van der Waals surface area contributed by atoms with Crippen LogP contribution in [-0.4, -0.2) is 60.2 Å². The Morgan fingerprint density at radius 3 is 2.79 bits per heavy atom. The molecule has 2 N–H and O–H groups in total. The van der Waals surface area contributed by atoms with Crippen molar-refractivity contribution in [2.75, 3.05) is 50.4 Å². The normalized spacial score (nSPS) is 12.5. The number of rotatable bonds is 11. The van der Waals surface area contributed by atoms with Crippen molar-refractivity contribution in [3.63, 3.8) is 0 Å². The number of halogens is 1. The van der Waals surface area contributed by atoms with Gasteiger partial charge in [0, 0.05) is 42.8 Å². The minimum atomic E-state index is -0.264. The average molecular weight is 454 g/mol. The molecule has 0 aliphatic heterocycles. The Kier molecular flexibility index (Phi) is 7.64. The van der Waals surface area contributed by atoms with Gasteiger partial charge in [-0.05, 0) is 49.6 Å². The van der Waals surface area contributed by atoms with Gasteiger partial charge in [0.1, 0.15) is 36.4 Å². The van der Waals surface area contributed by atoms with E-state index in [0.717, 1.165) is 36.5 Å². The molecule has 33 heavy (non-hydrogen) atoms. The zero-order valence-electron chi connectivity index (χ0n) is 18.6. The van der Waals surface area contributed by atoms with Crippen molar-refractivity contribution in [3.05, 3.63) is 59.7 Å². The molecule has 4 rings (SSSR count). The van der Waals surface area contributed by atoms with E-state index in [4.69, 9.17) is 24.5 Å². The molecule has 0 saturated carbocycles. The Balaban J connectivity index is 1.40. The first-order valence-electron chi connectivity index (χ1n) is 11.0. The summed E-state index contributed by atoms with van der Waals surface area (Å²) < 4.78 is 24.2. The zero-order chi connectivity index (χ0) is 23.0. The second-order valence-corrected chi connectivity index (χ2v) is 7.76. The number of hydrogen-bond acceptors (Lipinski definition) is 8. The zero-order valence-corrected chi connectivity index (χ0v) is 18.6. The Morgan fingerprint density at radius 1 is 1.12 bits per heavy atom. The maximum absolute atomic E-state index is 13.0. The number of aliphatic hydroxyl groups is 1. The first-order valence-corrected chi connectivity index (χ1v) is 11.0. The standard InChI is InChI=1S/C24H28FN5O3/c1-30(11-13-32-16-27-18-7-5-17(25)6-8-18)24-20-3-2-4-21(20)28-23(29-24)22-15-19(9-10-26-22)33-14-12-31/h5-10,15,27,31H,2-4,11-14,16H2,1H3. The minimum absolute atomic E-state index is 0.0521. The number of likely N-dealkylation sites (N-methyl/N-ethyl adjacent to an activating group) is 1. The highest BCUT2D eigenvalue weighted by Crippen LogP contribution is 2.31. The Bertz CT molecular complexity index is 1060. The van der Waals surface area contributed by atoms with Crippen LogP contribution in [0.3, 0.4) is 0 Å².